The molecule has 2 fully saturated rings. The minimum absolute atomic E-state index is 0.119. The number of rotatable bonds is 7. The molecule has 11 N–H and O–H groups in total. The molecule has 0 saturated carbocycles. The largest absolute Gasteiger partial charge is 0.508 e. The summed E-state index contributed by atoms with van der Waals surface area (Å²) in [6.45, 7) is -0.847. The molecule has 3 heterocycles. The van der Waals surface area contributed by atoms with Gasteiger partial charge in [-0.05, 0) is 18.2 Å². The number of hydrogen-bond acceptors (Lipinski definition) is 17. The molecule has 2 aliphatic heterocycles. The topological polar surface area (TPSA) is 307 Å². The first kappa shape index (κ1) is 32.2. The third-order valence-electron chi connectivity index (χ3n) is 7.32. The van der Waals surface area contributed by atoms with Crippen molar-refractivity contribution in [1.82, 2.24) is 0 Å². The Hall–Kier alpha value is -4.24. The lowest BCUT2D eigenvalue weighted by Gasteiger charge is -2.45. The number of carboxylic acid groups (broad SMARTS) is 1. The van der Waals surface area contributed by atoms with Crippen molar-refractivity contribution in [2.45, 2.75) is 61.4 Å². The Balaban J connectivity index is 1.52. The van der Waals surface area contributed by atoms with Gasteiger partial charge in [0, 0.05) is 17.7 Å². The van der Waals surface area contributed by atoms with Crippen LogP contribution in [0, 0.1) is 0 Å². The maximum absolute atomic E-state index is 13.6. The zero-order chi connectivity index (χ0) is 32.9. The molecular formula is C27H28O18. The van der Waals surface area contributed by atoms with Gasteiger partial charge in [0.25, 0.3) is 0 Å². The molecule has 45 heavy (non-hydrogen) atoms. The number of fused-ring (bicyclic) bond motifs is 1. The zero-order valence-electron chi connectivity index (χ0n) is 22.6. The third-order valence-corrected chi connectivity index (χ3v) is 7.32. The monoisotopic (exact) mass is 640 g/mol. The van der Waals surface area contributed by atoms with E-state index in [0.717, 1.165) is 24.3 Å². The Labute approximate surface area is 250 Å². The van der Waals surface area contributed by atoms with Crippen LogP contribution >= 0.6 is 0 Å². The average molecular weight is 641 g/mol. The second kappa shape index (κ2) is 12.3. The first-order valence-electron chi connectivity index (χ1n) is 13.2. The second-order valence-electron chi connectivity index (χ2n) is 10.3. The van der Waals surface area contributed by atoms with Gasteiger partial charge in [-0.1, -0.05) is 0 Å². The molecule has 10 atom stereocenters. The summed E-state index contributed by atoms with van der Waals surface area (Å²) in [5, 5.41) is 111. The molecule has 0 spiro atoms. The van der Waals surface area contributed by atoms with E-state index in [1.54, 1.807) is 0 Å². The van der Waals surface area contributed by atoms with Crippen LogP contribution in [0.2, 0.25) is 0 Å². The molecule has 0 aliphatic carbocycles. The van der Waals surface area contributed by atoms with Crippen LogP contribution in [0.25, 0.3) is 22.3 Å². The van der Waals surface area contributed by atoms with E-state index in [9.17, 15) is 65.8 Å². The smallest absolute Gasteiger partial charge is 0.335 e. The highest BCUT2D eigenvalue weighted by molar-refractivity contribution is 5.88. The van der Waals surface area contributed by atoms with E-state index in [1.807, 2.05) is 0 Å². The van der Waals surface area contributed by atoms with Crippen molar-refractivity contribution in [3.05, 3.63) is 40.6 Å². The standard InChI is InChI=1S/C27H28O18/c28-6-13-15(33)17(35)19(37)26(42-13)44-23-18(36)20(38)27(45-24(23)25(39)40)43-22-16(34)14-11(32)4-8(29)5-12(14)41-21(22)7-1-2-9(30)10(31)3-7/h1-5,13,15,17-20,23-24,26-33,35-38H,6H2,(H,39,40)/t13-,15+,17+,18-,19-,20-,23+,24+,26+,27-/m1/s1. The number of ether oxygens (including phenoxy) is 4. The highest BCUT2D eigenvalue weighted by Gasteiger charge is 2.53. The van der Waals surface area contributed by atoms with E-state index in [4.69, 9.17) is 23.4 Å². The van der Waals surface area contributed by atoms with Crippen molar-refractivity contribution in [3.63, 3.8) is 0 Å². The van der Waals surface area contributed by atoms with Gasteiger partial charge in [-0.3, -0.25) is 4.79 Å². The highest BCUT2D eigenvalue weighted by Crippen LogP contribution is 2.40. The van der Waals surface area contributed by atoms with Gasteiger partial charge in [-0.15, -0.1) is 0 Å². The van der Waals surface area contributed by atoms with Crippen molar-refractivity contribution < 1.29 is 84.3 Å². The van der Waals surface area contributed by atoms with Crippen molar-refractivity contribution in [1.29, 1.82) is 0 Å². The Morgan fingerprint density at radius 1 is 0.800 bits per heavy atom. The number of hydrogen-bond donors (Lipinski definition) is 11. The SMILES string of the molecule is O=C(O)[C@H]1O[C@@H](Oc2c(-c3ccc(O)c(O)c3)oc3cc(O)cc(O)c3c2=O)[C@H](O)[C@@H](O)[C@@H]1O[C@@H]1O[C@H](CO)[C@H](O)[C@H](O)[C@H]1O. The van der Waals surface area contributed by atoms with Gasteiger partial charge in [-0.25, -0.2) is 4.79 Å². The van der Waals surface area contributed by atoms with E-state index < -0.39 is 119 Å². The summed E-state index contributed by atoms with van der Waals surface area (Å²) in [6, 6.07) is 4.93. The fourth-order valence-electron chi connectivity index (χ4n) is 4.97. The molecule has 244 valence electrons. The molecule has 5 rings (SSSR count). The van der Waals surface area contributed by atoms with Crippen molar-refractivity contribution in [3.8, 4) is 40.1 Å². The number of phenols is 4. The van der Waals surface area contributed by atoms with Gasteiger partial charge >= 0.3 is 5.97 Å². The van der Waals surface area contributed by atoms with Gasteiger partial charge in [0.15, 0.2) is 29.7 Å². The normalized spacial score (nSPS) is 32.0. The van der Waals surface area contributed by atoms with Crippen LogP contribution in [-0.2, 0) is 19.0 Å². The fraction of sp³-hybridized carbons (Fsp3) is 0.407. The van der Waals surface area contributed by atoms with Crippen LogP contribution < -0.4 is 10.2 Å². The van der Waals surface area contributed by atoms with Gasteiger partial charge in [0.1, 0.15) is 65.2 Å². The summed E-state index contributed by atoms with van der Waals surface area (Å²) in [5.74, 6) is -5.61. The van der Waals surface area contributed by atoms with Crippen LogP contribution in [0.15, 0.2) is 39.5 Å². The number of carboxylic acids is 1. The molecule has 0 unspecified atom stereocenters. The number of benzene rings is 2. The first-order valence-corrected chi connectivity index (χ1v) is 13.2. The maximum Gasteiger partial charge on any atom is 0.335 e. The van der Waals surface area contributed by atoms with E-state index in [0.29, 0.717) is 0 Å². The number of aliphatic hydroxyl groups is 6. The summed E-state index contributed by atoms with van der Waals surface area (Å²) in [5.41, 5.74) is -1.62. The van der Waals surface area contributed by atoms with Gasteiger partial charge < -0.3 is 79.5 Å². The maximum atomic E-state index is 13.6. The number of phenolic OH excluding ortho intramolecular Hbond substituents is 4. The van der Waals surface area contributed by atoms with E-state index in [2.05, 4.69) is 0 Å². The quantitative estimate of drug-likeness (QED) is 0.118. The van der Waals surface area contributed by atoms with Gasteiger partial charge in [0.05, 0.1) is 6.61 Å². The Bertz CT molecular complexity index is 1640. The van der Waals surface area contributed by atoms with E-state index in [1.165, 1.54) is 6.07 Å². The van der Waals surface area contributed by atoms with Gasteiger partial charge in [0.2, 0.25) is 17.5 Å². The number of aliphatic hydroxyl groups excluding tert-OH is 6. The van der Waals surface area contributed by atoms with Crippen LogP contribution in [0.5, 0.6) is 28.7 Å². The molecule has 3 aromatic rings. The first-order chi connectivity index (χ1) is 21.2. The molecule has 2 saturated heterocycles. The lowest BCUT2D eigenvalue weighted by atomic mass is 9.96. The summed E-state index contributed by atoms with van der Waals surface area (Å²) in [7, 11) is 0. The summed E-state index contributed by atoms with van der Waals surface area (Å²) >= 11 is 0. The molecule has 0 bridgehead atoms. The summed E-state index contributed by atoms with van der Waals surface area (Å²) < 4.78 is 27.1. The summed E-state index contributed by atoms with van der Waals surface area (Å²) in [4.78, 5) is 25.8. The number of aliphatic carboxylic acids is 1. The van der Waals surface area contributed by atoms with Crippen LogP contribution in [-0.4, -0.2) is 130 Å². The molecule has 18 nitrogen and oxygen atoms in total. The van der Waals surface area contributed by atoms with E-state index >= 15 is 0 Å². The number of aromatic hydroxyl groups is 4. The molecule has 18 heteroatoms. The minimum Gasteiger partial charge on any atom is -0.508 e. The van der Waals surface area contributed by atoms with Crippen molar-refractivity contribution >= 4 is 16.9 Å². The second-order valence-corrected chi connectivity index (χ2v) is 10.3. The van der Waals surface area contributed by atoms with Crippen LogP contribution in [0.3, 0.4) is 0 Å². The lowest BCUT2D eigenvalue weighted by molar-refractivity contribution is -0.348. The van der Waals surface area contributed by atoms with Crippen molar-refractivity contribution in [2.75, 3.05) is 6.61 Å². The molecule has 1 aromatic heterocycles. The van der Waals surface area contributed by atoms with Crippen LogP contribution in [0.1, 0.15) is 0 Å². The van der Waals surface area contributed by atoms with Crippen LogP contribution in [0.4, 0.5) is 0 Å². The van der Waals surface area contributed by atoms with Crippen molar-refractivity contribution in [2.24, 2.45) is 0 Å². The lowest BCUT2D eigenvalue weighted by Crippen LogP contribution is -2.65. The molecule has 2 aliphatic rings. The fourth-order valence-corrected chi connectivity index (χ4v) is 4.97. The molecule has 0 radical (unpaired) electrons. The summed E-state index contributed by atoms with van der Waals surface area (Å²) in [6.07, 6.45) is -19.9. The predicted octanol–water partition coefficient (Wildman–Crippen LogP) is -2.62. The predicted molar refractivity (Wildman–Crippen MR) is 142 cm³/mol. The Morgan fingerprint density at radius 2 is 1.49 bits per heavy atom. The van der Waals surface area contributed by atoms with E-state index in [-0.39, 0.29) is 11.1 Å². The zero-order valence-corrected chi connectivity index (χ0v) is 22.6. The minimum atomic E-state index is -2.21. The Kier molecular flexibility index (Phi) is 8.77. The number of carbonyl (C=O) groups is 1. The highest BCUT2D eigenvalue weighted by atomic mass is 16.7. The average Bonchev–Trinajstić information content (AvgIpc) is 2.98. The molecule has 0 amide bonds. The van der Waals surface area contributed by atoms with Gasteiger partial charge in [-0.2, -0.15) is 0 Å². The Morgan fingerprint density at radius 3 is 2.13 bits per heavy atom. The molecular weight excluding hydrogens is 612 g/mol. The third kappa shape index (κ3) is 5.81. The molecule has 2 aromatic carbocycles.